The number of benzene rings is 2. The third-order valence-corrected chi connectivity index (χ3v) is 6.01. The molecule has 3 rings (SSSR count). The van der Waals surface area contributed by atoms with Crippen molar-refractivity contribution < 1.29 is 19.4 Å². The maximum Gasteiger partial charge on any atom is 0.306 e. The van der Waals surface area contributed by atoms with E-state index in [1.165, 1.54) is 0 Å². The van der Waals surface area contributed by atoms with Crippen LogP contribution in [-0.2, 0) is 11.2 Å². The van der Waals surface area contributed by atoms with Crippen LogP contribution in [0.25, 0.3) is 11.3 Å². The van der Waals surface area contributed by atoms with E-state index in [0.29, 0.717) is 38.0 Å². The molecular formula is C29H34N2O4. The van der Waals surface area contributed by atoms with Crippen molar-refractivity contribution in [2.45, 2.75) is 39.0 Å². The molecule has 0 aliphatic heterocycles. The predicted octanol–water partition coefficient (Wildman–Crippen LogP) is 5.72. The van der Waals surface area contributed by atoms with Gasteiger partial charge in [0.05, 0.1) is 18.2 Å². The highest BCUT2D eigenvalue weighted by molar-refractivity contribution is 5.94. The fourth-order valence-corrected chi connectivity index (χ4v) is 3.90. The quantitative estimate of drug-likeness (QED) is 0.320. The number of hydrogen-bond donors (Lipinski definition) is 1. The number of rotatable bonds is 13. The van der Waals surface area contributed by atoms with Crippen molar-refractivity contribution in [3.63, 3.8) is 0 Å². The molecule has 0 aliphatic carbocycles. The Labute approximate surface area is 207 Å². The summed E-state index contributed by atoms with van der Waals surface area (Å²) in [5.41, 5.74) is 3.49. The standard InChI is InChI=1S/C29H34N2O4/c1-3-4-8-25(29(33)34)21-22-10-16-26(17-11-22)35-20-7-19-31(2)28(32)24-14-12-23(13-15-24)27-9-5-6-18-30-27/h5-6,9-18,25H,3-4,7-8,19-21H2,1-2H3,(H,33,34). The lowest BCUT2D eigenvalue weighted by Gasteiger charge is -2.17. The Kier molecular flexibility index (Phi) is 9.84. The summed E-state index contributed by atoms with van der Waals surface area (Å²) in [5, 5.41) is 9.42. The normalized spacial score (nSPS) is 11.6. The number of unbranched alkanes of at least 4 members (excludes halogenated alkanes) is 1. The molecule has 1 N–H and O–H groups in total. The molecule has 1 unspecified atom stereocenters. The van der Waals surface area contributed by atoms with E-state index in [4.69, 9.17) is 4.74 Å². The van der Waals surface area contributed by atoms with Crippen molar-refractivity contribution in [2.75, 3.05) is 20.2 Å². The zero-order chi connectivity index (χ0) is 25.0. The Morgan fingerprint density at radius 3 is 2.37 bits per heavy atom. The van der Waals surface area contributed by atoms with Gasteiger partial charge in [0.15, 0.2) is 0 Å². The molecule has 1 amide bonds. The maximum atomic E-state index is 12.7. The largest absolute Gasteiger partial charge is 0.494 e. The lowest BCUT2D eigenvalue weighted by Crippen LogP contribution is -2.28. The van der Waals surface area contributed by atoms with Crippen LogP contribution in [0.1, 0.15) is 48.5 Å². The second-order valence-corrected chi connectivity index (χ2v) is 8.75. The van der Waals surface area contributed by atoms with Crippen molar-refractivity contribution in [1.29, 1.82) is 0 Å². The lowest BCUT2D eigenvalue weighted by molar-refractivity contribution is -0.142. The molecule has 0 aliphatic rings. The van der Waals surface area contributed by atoms with Gasteiger partial charge in [-0.25, -0.2) is 0 Å². The van der Waals surface area contributed by atoms with E-state index < -0.39 is 5.97 Å². The van der Waals surface area contributed by atoms with Crippen molar-refractivity contribution in [3.05, 3.63) is 84.1 Å². The monoisotopic (exact) mass is 474 g/mol. The number of carboxylic acids is 1. The van der Waals surface area contributed by atoms with Crippen molar-refractivity contribution >= 4 is 11.9 Å². The summed E-state index contributed by atoms with van der Waals surface area (Å²) in [6, 6.07) is 20.9. The van der Waals surface area contributed by atoms with Gasteiger partial charge in [-0.2, -0.15) is 0 Å². The number of nitrogens with zero attached hydrogens (tertiary/aromatic N) is 2. The first-order chi connectivity index (χ1) is 17.0. The minimum atomic E-state index is -0.735. The third kappa shape index (κ3) is 7.95. The number of hydrogen-bond acceptors (Lipinski definition) is 4. The molecule has 1 atom stereocenters. The van der Waals surface area contributed by atoms with E-state index in [-0.39, 0.29) is 11.8 Å². The van der Waals surface area contributed by atoms with Gasteiger partial charge >= 0.3 is 5.97 Å². The Balaban J connectivity index is 1.42. The molecule has 0 fully saturated rings. The Morgan fingerprint density at radius 2 is 1.74 bits per heavy atom. The van der Waals surface area contributed by atoms with E-state index in [1.807, 2.05) is 66.7 Å². The van der Waals surface area contributed by atoms with Gasteiger partial charge in [-0.1, -0.05) is 50.1 Å². The number of aliphatic carboxylic acids is 1. The molecule has 1 aromatic heterocycles. The number of amides is 1. The molecule has 1 heterocycles. The van der Waals surface area contributed by atoms with E-state index in [0.717, 1.165) is 35.4 Å². The summed E-state index contributed by atoms with van der Waals surface area (Å²) in [6.45, 7) is 3.14. The van der Waals surface area contributed by atoms with Crippen LogP contribution in [-0.4, -0.2) is 47.1 Å². The highest BCUT2D eigenvalue weighted by atomic mass is 16.5. The highest BCUT2D eigenvalue weighted by Crippen LogP contribution is 2.20. The predicted molar refractivity (Wildman–Crippen MR) is 138 cm³/mol. The zero-order valence-electron chi connectivity index (χ0n) is 20.5. The van der Waals surface area contributed by atoms with E-state index >= 15 is 0 Å². The fourth-order valence-electron chi connectivity index (χ4n) is 3.90. The topological polar surface area (TPSA) is 79.7 Å². The van der Waals surface area contributed by atoms with Crippen molar-refractivity contribution in [1.82, 2.24) is 9.88 Å². The summed E-state index contributed by atoms with van der Waals surface area (Å²) in [4.78, 5) is 30.2. The van der Waals surface area contributed by atoms with Crippen LogP contribution in [0, 0.1) is 5.92 Å². The van der Waals surface area contributed by atoms with Crippen LogP contribution in [0.4, 0.5) is 0 Å². The van der Waals surface area contributed by atoms with Crippen molar-refractivity contribution in [2.24, 2.45) is 5.92 Å². The Bertz CT molecular complexity index is 1070. The van der Waals surface area contributed by atoms with Gasteiger partial charge in [0, 0.05) is 30.9 Å². The van der Waals surface area contributed by atoms with Crippen LogP contribution < -0.4 is 4.74 Å². The van der Waals surface area contributed by atoms with E-state index in [9.17, 15) is 14.7 Å². The lowest BCUT2D eigenvalue weighted by atomic mass is 9.94. The first-order valence-corrected chi connectivity index (χ1v) is 12.2. The van der Waals surface area contributed by atoms with Gasteiger partial charge in [0.25, 0.3) is 5.91 Å². The molecule has 2 aromatic carbocycles. The third-order valence-electron chi connectivity index (χ3n) is 6.01. The summed E-state index contributed by atoms with van der Waals surface area (Å²) in [5.74, 6) is -0.367. The zero-order valence-corrected chi connectivity index (χ0v) is 20.5. The van der Waals surface area contributed by atoms with E-state index in [1.54, 1.807) is 18.1 Å². The number of ether oxygens (including phenoxy) is 1. The first kappa shape index (κ1) is 25.9. The smallest absolute Gasteiger partial charge is 0.306 e. The van der Waals surface area contributed by atoms with Crippen LogP contribution >= 0.6 is 0 Å². The summed E-state index contributed by atoms with van der Waals surface area (Å²) in [7, 11) is 1.79. The summed E-state index contributed by atoms with van der Waals surface area (Å²) in [6.07, 6.45) is 5.60. The second-order valence-electron chi connectivity index (χ2n) is 8.75. The second kappa shape index (κ2) is 13.3. The Hall–Kier alpha value is -3.67. The maximum absolute atomic E-state index is 12.7. The first-order valence-electron chi connectivity index (χ1n) is 12.2. The molecular weight excluding hydrogens is 440 g/mol. The molecule has 3 aromatic rings. The van der Waals surface area contributed by atoms with Gasteiger partial charge in [-0.3, -0.25) is 14.6 Å². The molecule has 0 spiro atoms. The number of carbonyl (C=O) groups is 2. The minimum Gasteiger partial charge on any atom is -0.494 e. The van der Waals surface area contributed by atoms with Crippen molar-refractivity contribution in [3.8, 4) is 17.0 Å². The number of carboxylic acid groups (broad SMARTS) is 1. The number of pyridine rings is 1. The van der Waals surface area contributed by atoms with Gasteiger partial charge in [-0.05, 0) is 61.2 Å². The molecule has 0 bridgehead atoms. The van der Waals surface area contributed by atoms with Gasteiger partial charge in [-0.15, -0.1) is 0 Å². The SMILES string of the molecule is CCCCC(Cc1ccc(OCCCN(C)C(=O)c2ccc(-c3ccccn3)cc2)cc1)C(=O)O. The van der Waals surface area contributed by atoms with Crippen LogP contribution in [0.2, 0.25) is 0 Å². The molecule has 0 saturated carbocycles. The molecule has 35 heavy (non-hydrogen) atoms. The van der Waals surface area contributed by atoms with Gasteiger partial charge in [0.1, 0.15) is 5.75 Å². The average molecular weight is 475 g/mol. The fraction of sp³-hybridized carbons (Fsp3) is 0.345. The summed E-state index contributed by atoms with van der Waals surface area (Å²) < 4.78 is 5.82. The van der Waals surface area contributed by atoms with Crippen LogP contribution in [0.3, 0.4) is 0 Å². The van der Waals surface area contributed by atoms with Crippen LogP contribution in [0.5, 0.6) is 5.75 Å². The van der Waals surface area contributed by atoms with Gasteiger partial charge in [0.2, 0.25) is 0 Å². The molecule has 0 saturated heterocycles. The minimum absolute atomic E-state index is 0.0296. The summed E-state index contributed by atoms with van der Waals surface area (Å²) >= 11 is 0. The highest BCUT2D eigenvalue weighted by Gasteiger charge is 2.17. The Morgan fingerprint density at radius 1 is 1.00 bits per heavy atom. The number of carbonyl (C=O) groups excluding carboxylic acids is 1. The molecule has 184 valence electrons. The van der Waals surface area contributed by atoms with Crippen LogP contribution in [0.15, 0.2) is 72.9 Å². The van der Waals surface area contributed by atoms with Gasteiger partial charge < -0.3 is 14.7 Å². The van der Waals surface area contributed by atoms with E-state index in [2.05, 4.69) is 11.9 Å². The molecule has 6 nitrogen and oxygen atoms in total. The molecule has 0 radical (unpaired) electrons. The average Bonchev–Trinajstić information content (AvgIpc) is 2.89. The number of aromatic nitrogens is 1. The molecule has 6 heteroatoms.